The highest BCUT2D eigenvalue weighted by molar-refractivity contribution is 5.44. The van der Waals surface area contributed by atoms with E-state index in [1.165, 1.54) is 0 Å². The molecule has 0 aromatic carbocycles. The predicted octanol–water partition coefficient (Wildman–Crippen LogP) is 1.70. The Bertz CT molecular complexity index is 508. The maximum Gasteiger partial charge on any atom is 0.178 e. The molecule has 0 radical (unpaired) electrons. The van der Waals surface area contributed by atoms with E-state index in [9.17, 15) is 0 Å². The molecule has 0 amide bonds. The highest BCUT2D eigenvalue weighted by atomic mass is 16.5. The van der Waals surface area contributed by atoms with Gasteiger partial charge < -0.3 is 10.1 Å². The molecule has 2 aromatic rings. The summed E-state index contributed by atoms with van der Waals surface area (Å²) in [7, 11) is 1.70. The Morgan fingerprint density at radius 3 is 2.89 bits per heavy atom. The van der Waals surface area contributed by atoms with Gasteiger partial charge in [-0.15, -0.1) is 15.3 Å². The van der Waals surface area contributed by atoms with E-state index in [-0.39, 0.29) is 0 Å². The monoisotopic (exact) mass is 249 g/mol. The molecule has 0 fully saturated rings. The quantitative estimate of drug-likeness (QED) is 0.789. The molecule has 18 heavy (non-hydrogen) atoms. The lowest BCUT2D eigenvalue weighted by Crippen LogP contribution is -2.09. The van der Waals surface area contributed by atoms with Crippen LogP contribution in [0.3, 0.4) is 0 Å². The number of hydrogen-bond donors (Lipinski definition) is 1. The van der Waals surface area contributed by atoms with Crippen LogP contribution in [-0.2, 0) is 4.74 Å². The van der Waals surface area contributed by atoms with Crippen LogP contribution in [0.25, 0.3) is 5.65 Å². The van der Waals surface area contributed by atoms with Gasteiger partial charge >= 0.3 is 0 Å². The summed E-state index contributed by atoms with van der Waals surface area (Å²) in [4.78, 5) is 0. The minimum atomic E-state index is 0.302. The van der Waals surface area contributed by atoms with Gasteiger partial charge in [0.05, 0.1) is 0 Å². The van der Waals surface area contributed by atoms with Crippen LogP contribution >= 0.6 is 0 Å². The molecule has 0 saturated heterocycles. The Balaban J connectivity index is 2.12. The normalized spacial score (nSPS) is 11.3. The van der Waals surface area contributed by atoms with Crippen LogP contribution in [-0.4, -0.2) is 40.1 Å². The summed E-state index contributed by atoms with van der Waals surface area (Å²) in [5, 5.41) is 16.0. The zero-order valence-corrected chi connectivity index (χ0v) is 11.1. The molecule has 0 aliphatic rings. The molecule has 0 atom stereocenters. The third-order valence-electron chi connectivity index (χ3n) is 2.63. The van der Waals surface area contributed by atoms with Gasteiger partial charge in [-0.3, -0.25) is 0 Å². The van der Waals surface area contributed by atoms with Crippen LogP contribution in [0.4, 0.5) is 5.82 Å². The number of rotatable bonds is 6. The first-order valence-electron chi connectivity index (χ1n) is 6.17. The summed E-state index contributed by atoms with van der Waals surface area (Å²) in [6.45, 7) is 5.75. The maximum atomic E-state index is 5.00. The Morgan fingerprint density at radius 1 is 1.33 bits per heavy atom. The Morgan fingerprint density at radius 2 is 2.17 bits per heavy atom. The summed E-state index contributed by atoms with van der Waals surface area (Å²) in [6.07, 6.45) is 0.954. The van der Waals surface area contributed by atoms with Gasteiger partial charge in [0, 0.05) is 26.2 Å². The van der Waals surface area contributed by atoms with Crippen LogP contribution in [0.15, 0.2) is 12.1 Å². The molecule has 0 aliphatic heterocycles. The molecule has 2 aromatic heterocycles. The van der Waals surface area contributed by atoms with Crippen molar-refractivity contribution < 1.29 is 4.74 Å². The van der Waals surface area contributed by atoms with Crippen LogP contribution in [0.2, 0.25) is 0 Å². The van der Waals surface area contributed by atoms with Crippen LogP contribution < -0.4 is 5.32 Å². The van der Waals surface area contributed by atoms with E-state index in [1.54, 1.807) is 11.6 Å². The molecular weight excluding hydrogens is 230 g/mol. The van der Waals surface area contributed by atoms with Gasteiger partial charge in [0.25, 0.3) is 0 Å². The number of nitrogens with zero attached hydrogens (tertiary/aromatic N) is 4. The minimum absolute atomic E-state index is 0.302. The Kier molecular flexibility index (Phi) is 4.09. The van der Waals surface area contributed by atoms with Crippen LogP contribution in [0.5, 0.6) is 0 Å². The van der Waals surface area contributed by atoms with Gasteiger partial charge in [0.1, 0.15) is 5.82 Å². The Hall–Kier alpha value is -1.69. The highest BCUT2D eigenvalue weighted by Crippen LogP contribution is 2.13. The van der Waals surface area contributed by atoms with Crippen molar-refractivity contribution in [2.75, 3.05) is 25.6 Å². The lowest BCUT2D eigenvalue weighted by Gasteiger charge is -2.06. The molecule has 6 nitrogen and oxygen atoms in total. The van der Waals surface area contributed by atoms with E-state index in [0.29, 0.717) is 5.92 Å². The standard InChI is InChI=1S/C12H19N5O/c1-9(2)12-15-14-11-6-5-10(16-17(11)12)13-7-4-8-18-3/h5-6,9H,4,7-8H2,1-3H3,(H,13,16). The third-order valence-corrected chi connectivity index (χ3v) is 2.63. The number of nitrogens with one attached hydrogen (secondary N) is 1. The second-order valence-corrected chi connectivity index (χ2v) is 4.47. The van der Waals surface area contributed by atoms with Crippen molar-refractivity contribution in [3.63, 3.8) is 0 Å². The average Bonchev–Trinajstić information content (AvgIpc) is 2.77. The van der Waals surface area contributed by atoms with Crippen molar-refractivity contribution in [3.8, 4) is 0 Å². The number of fused-ring (bicyclic) bond motifs is 1. The van der Waals surface area contributed by atoms with Crippen LogP contribution in [0, 0.1) is 0 Å². The molecule has 0 spiro atoms. The molecule has 2 rings (SSSR count). The lowest BCUT2D eigenvalue weighted by molar-refractivity contribution is 0.197. The summed E-state index contributed by atoms with van der Waals surface area (Å²) in [5.74, 6) is 2.02. The minimum Gasteiger partial charge on any atom is -0.385 e. The number of hydrogen-bond acceptors (Lipinski definition) is 5. The highest BCUT2D eigenvalue weighted by Gasteiger charge is 2.10. The summed E-state index contributed by atoms with van der Waals surface area (Å²) < 4.78 is 6.80. The maximum absolute atomic E-state index is 5.00. The topological polar surface area (TPSA) is 64.3 Å². The van der Waals surface area contributed by atoms with Gasteiger partial charge in [-0.1, -0.05) is 13.8 Å². The van der Waals surface area contributed by atoms with Crippen molar-refractivity contribution in [1.29, 1.82) is 0 Å². The number of aromatic nitrogens is 4. The first kappa shape index (κ1) is 12.8. The molecule has 0 unspecified atom stereocenters. The number of ether oxygens (including phenoxy) is 1. The van der Waals surface area contributed by atoms with Crippen molar-refractivity contribution in [3.05, 3.63) is 18.0 Å². The zero-order chi connectivity index (χ0) is 13.0. The van der Waals surface area contributed by atoms with Gasteiger partial charge in [0.15, 0.2) is 11.5 Å². The summed E-state index contributed by atoms with van der Waals surface area (Å²) in [5.41, 5.74) is 0.779. The molecule has 1 N–H and O–H groups in total. The summed E-state index contributed by atoms with van der Waals surface area (Å²) in [6, 6.07) is 3.84. The number of anilines is 1. The second-order valence-electron chi connectivity index (χ2n) is 4.47. The van der Waals surface area contributed by atoms with E-state index in [2.05, 4.69) is 34.5 Å². The average molecular weight is 249 g/mol. The van der Waals surface area contributed by atoms with Crippen LogP contribution in [0.1, 0.15) is 32.0 Å². The fourth-order valence-corrected chi connectivity index (χ4v) is 1.69. The van der Waals surface area contributed by atoms with Gasteiger partial charge in [-0.2, -0.15) is 4.52 Å². The van der Waals surface area contributed by atoms with E-state index in [1.807, 2.05) is 12.1 Å². The van der Waals surface area contributed by atoms with Crippen molar-refractivity contribution in [2.24, 2.45) is 0 Å². The third kappa shape index (κ3) is 2.76. The fraction of sp³-hybridized carbons (Fsp3) is 0.583. The second kappa shape index (κ2) is 5.77. The SMILES string of the molecule is COCCCNc1ccc2nnc(C(C)C)n2n1. The van der Waals surface area contributed by atoms with Gasteiger partial charge in [-0.25, -0.2) is 0 Å². The van der Waals surface area contributed by atoms with Crippen molar-refractivity contribution >= 4 is 11.5 Å². The molecule has 2 heterocycles. The summed E-state index contributed by atoms with van der Waals surface area (Å²) >= 11 is 0. The smallest absolute Gasteiger partial charge is 0.178 e. The first-order valence-corrected chi connectivity index (χ1v) is 6.17. The van der Waals surface area contributed by atoms with Crippen molar-refractivity contribution in [1.82, 2.24) is 19.8 Å². The molecule has 6 heteroatoms. The molecule has 98 valence electrons. The lowest BCUT2D eigenvalue weighted by atomic mass is 10.2. The Labute approximate surface area is 106 Å². The molecule has 0 saturated carbocycles. The molecule has 0 bridgehead atoms. The zero-order valence-electron chi connectivity index (χ0n) is 11.1. The fourth-order valence-electron chi connectivity index (χ4n) is 1.69. The largest absolute Gasteiger partial charge is 0.385 e. The van der Waals surface area contributed by atoms with E-state index >= 15 is 0 Å². The van der Waals surface area contributed by atoms with E-state index < -0.39 is 0 Å². The molecule has 0 aliphatic carbocycles. The van der Waals surface area contributed by atoms with E-state index in [0.717, 1.165) is 36.9 Å². The van der Waals surface area contributed by atoms with Gasteiger partial charge in [-0.05, 0) is 18.6 Å². The first-order chi connectivity index (χ1) is 8.72. The van der Waals surface area contributed by atoms with Crippen molar-refractivity contribution in [2.45, 2.75) is 26.2 Å². The van der Waals surface area contributed by atoms with Gasteiger partial charge in [0.2, 0.25) is 0 Å². The van der Waals surface area contributed by atoms with E-state index in [4.69, 9.17) is 4.74 Å². The number of methoxy groups -OCH3 is 1. The molecular formula is C12H19N5O. The predicted molar refractivity (Wildman–Crippen MR) is 69.9 cm³/mol.